The maximum absolute atomic E-state index is 15.4. The van der Waals surface area contributed by atoms with Crippen LogP contribution in [0.3, 0.4) is 0 Å². The van der Waals surface area contributed by atoms with Crippen molar-refractivity contribution in [2.24, 2.45) is 23.7 Å². The van der Waals surface area contributed by atoms with E-state index in [1.807, 2.05) is 57.7 Å². The van der Waals surface area contributed by atoms with Crippen LogP contribution in [0.2, 0.25) is 0 Å². The lowest BCUT2D eigenvalue weighted by Gasteiger charge is -2.49. The van der Waals surface area contributed by atoms with Gasteiger partial charge in [0.25, 0.3) is 0 Å². The highest BCUT2D eigenvalue weighted by Gasteiger charge is 2.54. The lowest BCUT2D eigenvalue weighted by atomic mass is 9.74. The maximum atomic E-state index is 15.4. The van der Waals surface area contributed by atoms with Crippen LogP contribution in [0.1, 0.15) is 150 Å². The van der Waals surface area contributed by atoms with Gasteiger partial charge in [-0.2, -0.15) is 0 Å². The van der Waals surface area contributed by atoms with E-state index < -0.39 is 149 Å². The quantitative estimate of drug-likeness (QED) is 0.126. The molecule has 5 aliphatic heterocycles. The Morgan fingerprint density at radius 2 is 1.55 bits per heavy atom. The van der Waals surface area contributed by atoms with Crippen LogP contribution >= 0.6 is 0 Å². The first-order valence-electron chi connectivity index (χ1n) is 29.3. The number of anilines is 2. The summed E-state index contributed by atoms with van der Waals surface area (Å²) in [5.74, 6) is -5.84. The van der Waals surface area contributed by atoms with Crippen LogP contribution in [-0.4, -0.2) is 207 Å². The normalized spacial score (nSPS) is 37.9. The number of methoxy groups -OCH3 is 1. The monoisotopic (exact) mass is 1190 g/mol. The number of ketones is 1. The number of carbonyl (C=O) groups excluding carboxylic acids is 3. The number of benzene rings is 1. The molecule has 5 saturated heterocycles. The first kappa shape index (κ1) is 70.8. The largest absolute Gasteiger partial charge is 0.459 e. The molecule has 2 aromatic rings. The van der Waals surface area contributed by atoms with Crippen molar-refractivity contribution in [3.05, 3.63) is 35.9 Å². The molecule has 5 N–H and O–H groups in total. The molecule has 480 valence electrons. The number of aliphatic hydroxyl groups is 5. The summed E-state index contributed by atoms with van der Waals surface area (Å²) < 4.78 is 66.5. The average molecular weight is 1200 g/mol. The van der Waals surface area contributed by atoms with Gasteiger partial charge in [0, 0.05) is 75.0 Å². The van der Waals surface area contributed by atoms with Gasteiger partial charge >= 0.3 is 12.1 Å². The smallest absolute Gasteiger partial charge is 0.414 e. The molecular weight excluding hydrogens is 1090 g/mol. The second-order valence-corrected chi connectivity index (χ2v) is 26.2. The second kappa shape index (κ2) is 27.6. The fourth-order valence-corrected chi connectivity index (χ4v) is 13.2. The molecule has 1 aromatic carbocycles. The zero-order valence-corrected chi connectivity index (χ0v) is 51.1. The first-order chi connectivity index (χ1) is 38.2. The van der Waals surface area contributed by atoms with E-state index in [1.54, 1.807) is 58.4 Å². The van der Waals surface area contributed by atoms with Gasteiger partial charge in [-0.05, 0) is 99.9 Å². The summed E-state index contributed by atoms with van der Waals surface area (Å²) >= 11 is 0. The number of Topliss-reactive ketones (excluding diaryl/α,β-unsaturated/α-hetero) is 1. The number of carbonyl (C=O) groups is 3. The zero-order chi connectivity index (χ0) is 60.8. The molecule has 23 heteroatoms. The van der Waals surface area contributed by atoms with Crippen molar-refractivity contribution in [3.63, 3.8) is 0 Å². The van der Waals surface area contributed by atoms with Crippen LogP contribution < -0.4 is 9.80 Å². The van der Waals surface area contributed by atoms with Crippen molar-refractivity contribution in [3.8, 4) is 0 Å². The highest BCUT2D eigenvalue weighted by atomic mass is 19.1. The fourth-order valence-electron chi connectivity index (χ4n) is 13.2. The summed E-state index contributed by atoms with van der Waals surface area (Å²) in [7, 11) is 3.36. The number of halogens is 1. The van der Waals surface area contributed by atoms with Gasteiger partial charge in [0.15, 0.2) is 12.6 Å². The second-order valence-electron chi connectivity index (χ2n) is 26.2. The number of aliphatic hydroxyl groups excluding tert-OH is 3. The Morgan fingerprint density at radius 1 is 0.893 bits per heavy atom. The Kier molecular flexibility index (Phi) is 23.3. The molecule has 1 amide bonds. The molecule has 0 aliphatic carbocycles. The number of cyclic esters (lactones) is 2. The Morgan fingerprint density at radius 3 is 2.17 bits per heavy atom. The molecule has 22 nitrogen and oxygen atoms in total. The SMILES string of the molecule is C.C.CC[C@H]1OC(=O)[C@H](C)[C@@H](O[C@H]2C[C@@](C)(OC)[C@@H](O)[C@H](C)O2)[C@H](C)[C@@H](O[C@@H]2O[C@H](C)C[C@H](N(C)CC(C)(C)c3cn(C(C)(C)C[C@H]4CN(c5ccc(N6CCOCC6)c(F)c5)C(=O)O4)nn3)[C@H]2O)[C@](C)(O)C[C@@H](C)C(=O)[C@H](C)[C@@H](O)[C@]1(C)O. The van der Waals surface area contributed by atoms with Crippen LogP contribution in [0.25, 0.3) is 0 Å². The van der Waals surface area contributed by atoms with Crippen molar-refractivity contribution in [2.75, 3.05) is 63.4 Å². The Bertz CT molecular complexity index is 2510. The van der Waals surface area contributed by atoms with Crippen LogP contribution in [0, 0.1) is 29.5 Å². The molecule has 0 spiro atoms. The molecule has 0 unspecified atom stereocenters. The number of nitrogens with zero attached hydrogens (tertiary/aromatic N) is 6. The molecular formula is C61H103FN6O16. The number of ether oxygens (including phenoxy) is 8. The highest BCUT2D eigenvalue weighted by Crippen LogP contribution is 2.42. The molecule has 0 bridgehead atoms. The number of hydrogen-bond donors (Lipinski definition) is 5. The van der Waals surface area contributed by atoms with Gasteiger partial charge in [-0.25, -0.2) is 13.9 Å². The van der Waals surface area contributed by atoms with Gasteiger partial charge in [-0.15, -0.1) is 5.10 Å². The van der Waals surface area contributed by atoms with E-state index in [0.717, 1.165) is 0 Å². The highest BCUT2D eigenvalue weighted by molar-refractivity contribution is 5.90. The average Bonchev–Trinajstić information content (AvgIpc) is 2.26. The lowest BCUT2D eigenvalue weighted by Crippen LogP contribution is -2.61. The van der Waals surface area contributed by atoms with Crippen LogP contribution in [0.5, 0.6) is 0 Å². The minimum Gasteiger partial charge on any atom is -0.459 e. The van der Waals surface area contributed by atoms with Crippen LogP contribution in [0.4, 0.5) is 20.6 Å². The number of hydrogen-bond acceptors (Lipinski definition) is 20. The summed E-state index contributed by atoms with van der Waals surface area (Å²) in [6, 6.07) is 4.22. The summed E-state index contributed by atoms with van der Waals surface area (Å²) in [6.07, 6.45) is -9.96. The number of morpholine rings is 1. The van der Waals surface area contributed by atoms with E-state index in [9.17, 15) is 39.9 Å². The minimum atomic E-state index is -2.06. The third kappa shape index (κ3) is 15.1. The van der Waals surface area contributed by atoms with E-state index in [1.165, 1.54) is 38.8 Å². The van der Waals surface area contributed by atoms with Crippen molar-refractivity contribution in [1.29, 1.82) is 0 Å². The van der Waals surface area contributed by atoms with Gasteiger partial charge in [0.1, 0.15) is 41.6 Å². The molecule has 0 radical (unpaired) electrons. The standard InChI is InChI=1S/C59H95FN6O16.2CH4/c1-17-44-59(14,74)49(69)34(4)46(67)32(2)26-57(12,73)51(35(5)48(36(6)52(71)80-44)81-45-28-58(13,75-16)50(70)37(7)78-45)82-53-47(68)42(24-33(3)77-53)63(15)31-55(8,9)43-30-66(62-61-43)56(10,11)27-39-29-65(54(72)79-39)38-18-19-41(40(60)25-38)64-20-22-76-23-21-64;;/h18-19,25,30,32-37,39,42,44-45,47-51,53,68-70,73-74H,17,20-24,26-29,31H2,1-16H3;2*1H4/t32-,33-,34+,35+,36-,37+,39+,42+,44-,45+,47-,48+,49-,50+,51-,53+,57-,58-,59-;;/m1../s1. The fraction of sp³-hybridized carbons (Fsp3) is 0.820. The molecule has 0 saturated carbocycles. The van der Waals surface area contributed by atoms with Crippen LogP contribution in [0.15, 0.2) is 24.4 Å². The van der Waals surface area contributed by atoms with Crippen molar-refractivity contribution in [2.45, 2.75) is 245 Å². The summed E-state index contributed by atoms with van der Waals surface area (Å²) in [5.41, 5.74) is -4.89. The molecule has 6 heterocycles. The minimum absolute atomic E-state index is 0. The number of aromatic nitrogens is 3. The summed E-state index contributed by atoms with van der Waals surface area (Å²) in [5, 5.41) is 69.0. The van der Waals surface area contributed by atoms with Crippen LogP contribution in [-0.2, 0) is 58.4 Å². The summed E-state index contributed by atoms with van der Waals surface area (Å²) in [4.78, 5) is 47.3. The van der Waals surface area contributed by atoms with E-state index >= 15 is 4.39 Å². The van der Waals surface area contributed by atoms with Gasteiger partial charge in [-0.1, -0.05) is 61.6 Å². The van der Waals surface area contributed by atoms with Gasteiger partial charge in [0.2, 0.25) is 0 Å². The molecule has 84 heavy (non-hydrogen) atoms. The first-order valence-corrected chi connectivity index (χ1v) is 29.3. The lowest BCUT2D eigenvalue weighted by molar-refractivity contribution is -0.318. The molecule has 5 fully saturated rings. The Balaban J connectivity index is 0.00000645. The Labute approximate surface area is 497 Å². The number of likely N-dealkylation sites (N-methyl/N-ethyl adjacent to an activating group) is 1. The van der Waals surface area contributed by atoms with E-state index in [2.05, 4.69) is 10.3 Å². The number of esters is 1. The third-order valence-corrected chi connectivity index (χ3v) is 18.4. The third-order valence-electron chi connectivity index (χ3n) is 18.4. The van der Waals surface area contributed by atoms with Crippen molar-refractivity contribution < 1.29 is 82.2 Å². The predicted molar refractivity (Wildman–Crippen MR) is 313 cm³/mol. The van der Waals surface area contributed by atoms with Gasteiger partial charge in [0.05, 0.1) is 90.0 Å². The Hall–Kier alpha value is -3.98. The predicted octanol–water partition coefficient (Wildman–Crippen LogP) is 6.12. The van der Waals surface area contributed by atoms with E-state index in [0.29, 0.717) is 62.8 Å². The number of amides is 1. The molecule has 19 atom stereocenters. The van der Waals surface area contributed by atoms with Gasteiger partial charge in [-0.3, -0.25) is 19.4 Å². The van der Waals surface area contributed by atoms with E-state index in [-0.39, 0.29) is 40.7 Å². The molecule has 5 aliphatic rings. The number of rotatable bonds is 15. The molecule has 7 rings (SSSR count). The topological polar surface area (TPSA) is 267 Å². The van der Waals surface area contributed by atoms with Crippen molar-refractivity contribution in [1.82, 2.24) is 19.9 Å². The van der Waals surface area contributed by atoms with E-state index in [4.69, 9.17) is 37.9 Å². The van der Waals surface area contributed by atoms with Crippen molar-refractivity contribution >= 4 is 29.2 Å². The maximum Gasteiger partial charge on any atom is 0.414 e. The molecule has 1 aromatic heterocycles. The van der Waals surface area contributed by atoms with Gasteiger partial charge < -0.3 is 68.3 Å². The zero-order valence-electron chi connectivity index (χ0n) is 51.1. The summed E-state index contributed by atoms with van der Waals surface area (Å²) in [6.45, 7) is 27.0.